The first-order valence-corrected chi connectivity index (χ1v) is 6.72. The van der Waals surface area contributed by atoms with Crippen molar-refractivity contribution >= 4 is 24.3 Å². The van der Waals surface area contributed by atoms with E-state index in [1.807, 2.05) is 0 Å². The summed E-state index contributed by atoms with van der Waals surface area (Å²) < 4.78 is 34.6. The standard InChI is InChI=1S/C8H12N2O4.C5H4F2N2O2/c11-7-9-1-3-13-5-6-14-4-2-10-8-12;6-5(7,1-8-3-10)2-9-4-11/h1-6H2;1-2H2. The minimum atomic E-state index is -3.26. The van der Waals surface area contributed by atoms with Gasteiger partial charge in [-0.05, 0) is 0 Å². The zero-order valence-electron chi connectivity index (χ0n) is 13.2. The van der Waals surface area contributed by atoms with Gasteiger partial charge in [-0.15, -0.1) is 0 Å². The van der Waals surface area contributed by atoms with E-state index in [9.17, 15) is 28.0 Å². The zero-order valence-corrected chi connectivity index (χ0v) is 13.2. The monoisotopic (exact) mass is 362 g/mol. The van der Waals surface area contributed by atoms with Crippen molar-refractivity contribution in [2.45, 2.75) is 5.92 Å². The number of carbonyl (C=O) groups excluding carboxylic acids is 4. The molecule has 0 aliphatic heterocycles. The lowest BCUT2D eigenvalue weighted by atomic mass is 10.3. The number of alkyl halides is 2. The Morgan fingerprint density at radius 2 is 1.00 bits per heavy atom. The highest BCUT2D eigenvalue weighted by molar-refractivity contribution is 5.34. The molecular formula is C13H16F2N4O6. The molecule has 25 heavy (non-hydrogen) atoms. The maximum atomic E-state index is 12.3. The molecule has 138 valence electrons. The summed E-state index contributed by atoms with van der Waals surface area (Å²) in [6, 6.07) is 0. The van der Waals surface area contributed by atoms with Crippen molar-refractivity contribution < 1.29 is 37.4 Å². The summed E-state index contributed by atoms with van der Waals surface area (Å²) in [5.74, 6) is -3.26. The van der Waals surface area contributed by atoms with Gasteiger partial charge in [0.15, 0.2) is 0 Å². The van der Waals surface area contributed by atoms with Gasteiger partial charge in [-0.3, -0.25) is 0 Å². The van der Waals surface area contributed by atoms with Gasteiger partial charge in [0.05, 0.1) is 39.5 Å². The Morgan fingerprint density at radius 1 is 0.640 bits per heavy atom. The topological polar surface area (TPSA) is 136 Å². The molecule has 10 nitrogen and oxygen atoms in total. The largest absolute Gasteiger partial charge is 0.377 e. The molecule has 0 aromatic rings. The quantitative estimate of drug-likeness (QED) is 0.257. The number of aliphatic imine (C=N–C) groups is 4. The molecule has 0 heterocycles. The van der Waals surface area contributed by atoms with Crippen LogP contribution in [0.15, 0.2) is 20.0 Å². The van der Waals surface area contributed by atoms with Crippen molar-refractivity contribution in [3.8, 4) is 0 Å². The summed E-state index contributed by atoms with van der Waals surface area (Å²) in [6.07, 6.45) is 4.73. The second kappa shape index (κ2) is 19.3. The summed E-state index contributed by atoms with van der Waals surface area (Å²) in [7, 11) is 0. The van der Waals surface area contributed by atoms with E-state index in [1.165, 1.54) is 12.2 Å². The lowest BCUT2D eigenvalue weighted by Crippen LogP contribution is -2.24. The number of isocyanates is 4. The van der Waals surface area contributed by atoms with Gasteiger partial charge in [0.2, 0.25) is 24.3 Å². The van der Waals surface area contributed by atoms with Crippen LogP contribution in [0.3, 0.4) is 0 Å². The average molecular weight is 362 g/mol. The van der Waals surface area contributed by atoms with Gasteiger partial charge in [-0.25, -0.2) is 37.9 Å². The molecule has 0 unspecified atom stereocenters. The van der Waals surface area contributed by atoms with E-state index in [2.05, 4.69) is 20.0 Å². The molecule has 12 heteroatoms. The first-order chi connectivity index (χ1) is 12.0. The molecule has 0 aromatic carbocycles. The van der Waals surface area contributed by atoms with Crippen LogP contribution in [0.25, 0.3) is 0 Å². The molecule has 0 bridgehead atoms. The lowest BCUT2D eigenvalue weighted by Gasteiger charge is -2.06. The third kappa shape index (κ3) is 23.7. The SMILES string of the molecule is O=C=NCC(F)(F)CN=C=O.O=C=NCCOCCOCCN=C=O. The fraction of sp³-hybridized carbons (Fsp3) is 0.692. The van der Waals surface area contributed by atoms with Crippen LogP contribution in [-0.2, 0) is 28.7 Å². The van der Waals surface area contributed by atoms with Crippen LogP contribution >= 0.6 is 0 Å². The lowest BCUT2D eigenvalue weighted by molar-refractivity contribution is 0.0220. The van der Waals surface area contributed by atoms with Gasteiger partial charge in [0, 0.05) is 0 Å². The molecular weight excluding hydrogens is 346 g/mol. The van der Waals surface area contributed by atoms with Crippen molar-refractivity contribution in [3.63, 3.8) is 0 Å². The van der Waals surface area contributed by atoms with Crippen LogP contribution in [0, 0.1) is 0 Å². The van der Waals surface area contributed by atoms with Crippen LogP contribution in [0.1, 0.15) is 0 Å². The highest BCUT2D eigenvalue weighted by Gasteiger charge is 2.28. The van der Waals surface area contributed by atoms with E-state index in [4.69, 9.17) is 9.47 Å². The third-order valence-electron chi connectivity index (χ3n) is 1.95. The fourth-order valence-corrected chi connectivity index (χ4v) is 0.980. The van der Waals surface area contributed by atoms with Crippen LogP contribution in [0.5, 0.6) is 0 Å². The van der Waals surface area contributed by atoms with Gasteiger partial charge in [0.25, 0.3) is 5.92 Å². The molecule has 0 N–H and O–H groups in total. The molecule has 0 saturated heterocycles. The average Bonchev–Trinajstić information content (AvgIpc) is 2.60. The van der Waals surface area contributed by atoms with E-state index < -0.39 is 19.0 Å². The molecule has 0 atom stereocenters. The van der Waals surface area contributed by atoms with Gasteiger partial charge in [-0.2, -0.15) is 9.98 Å². The van der Waals surface area contributed by atoms with Gasteiger partial charge < -0.3 is 9.47 Å². The maximum absolute atomic E-state index is 12.3. The molecule has 0 radical (unpaired) electrons. The smallest absolute Gasteiger partial charge is 0.288 e. The van der Waals surface area contributed by atoms with E-state index in [-0.39, 0.29) is 0 Å². The Kier molecular flexibility index (Phi) is 19.0. The molecule has 0 spiro atoms. The Balaban J connectivity index is 0. The minimum absolute atomic E-state index is 0.318. The molecule has 0 fully saturated rings. The van der Waals surface area contributed by atoms with Crippen molar-refractivity contribution in [1.82, 2.24) is 0 Å². The highest BCUT2D eigenvalue weighted by atomic mass is 19.3. The van der Waals surface area contributed by atoms with Gasteiger partial charge in [-0.1, -0.05) is 0 Å². The van der Waals surface area contributed by atoms with E-state index in [0.717, 1.165) is 12.2 Å². The summed E-state index contributed by atoms with van der Waals surface area (Å²) in [5.41, 5.74) is 0. The molecule has 0 aromatic heterocycles. The summed E-state index contributed by atoms with van der Waals surface area (Å²) >= 11 is 0. The summed E-state index contributed by atoms with van der Waals surface area (Å²) in [6.45, 7) is 0.260. The first-order valence-electron chi connectivity index (χ1n) is 6.72. The van der Waals surface area contributed by atoms with Gasteiger partial charge >= 0.3 is 0 Å². The maximum Gasteiger partial charge on any atom is 0.288 e. The fourth-order valence-electron chi connectivity index (χ4n) is 0.980. The molecule has 0 amide bonds. The molecule has 0 aliphatic carbocycles. The Hall–Kier alpha value is -2.70. The van der Waals surface area contributed by atoms with Crippen molar-refractivity contribution in [2.75, 3.05) is 52.6 Å². The molecule has 0 aliphatic rings. The Morgan fingerprint density at radius 3 is 1.32 bits per heavy atom. The number of rotatable bonds is 13. The Bertz CT molecular complexity index is 489. The number of nitrogens with zero attached hydrogens (tertiary/aromatic N) is 4. The van der Waals surface area contributed by atoms with Crippen molar-refractivity contribution in [3.05, 3.63) is 0 Å². The van der Waals surface area contributed by atoms with E-state index in [0.29, 0.717) is 39.5 Å². The van der Waals surface area contributed by atoms with Crippen LogP contribution in [0.2, 0.25) is 0 Å². The van der Waals surface area contributed by atoms with E-state index >= 15 is 0 Å². The van der Waals surface area contributed by atoms with Crippen LogP contribution < -0.4 is 0 Å². The van der Waals surface area contributed by atoms with E-state index in [1.54, 1.807) is 0 Å². The minimum Gasteiger partial charge on any atom is -0.377 e. The number of halogens is 2. The number of hydrogen-bond acceptors (Lipinski definition) is 10. The zero-order chi connectivity index (χ0) is 19.2. The summed E-state index contributed by atoms with van der Waals surface area (Å²) in [5, 5.41) is 0. The van der Waals surface area contributed by atoms with Crippen LogP contribution in [-0.4, -0.2) is 82.8 Å². The number of ether oxygens (including phenoxy) is 2. The summed E-state index contributed by atoms with van der Waals surface area (Å²) in [4.78, 5) is 49.9. The van der Waals surface area contributed by atoms with Gasteiger partial charge in [0.1, 0.15) is 13.1 Å². The Labute approximate surface area is 141 Å². The predicted octanol–water partition coefficient (Wildman–Crippen LogP) is -0.0155. The molecule has 0 rings (SSSR count). The third-order valence-corrected chi connectivity index (χ3v) is 1.95. The second-order valence-electron chi connectivity index (χ2n) is 3.84. The van der Waals surface area contributed by atoms with Crippen molar-refractivity contribution in [1.29, 1.82) is 0 Å². The van der Waals surface area contributed by atoms with Crippen molar-refractivity contribution in [2.24, 2.45) is 20.0 Å². The molecule has 0 saturated carbocycles. The normalized spacial score (nSPS) is 9.20. The first kappa shape index (κ1) is 24.6. The second-order valence-corrected chi connectivity index (χ2v) is 3.84. The van der Waals surface area contributed by atoms with Crippen LogP contribution in [0.4, 0.5) is 8.78 Å². The number of hydrogen-bond donors (Lipinski definition) is 0. The highest BCUT2D eigenvalue weighted by Crippen LogP contribution is 2.13. The predicted molar refractivity (Wildman–Crippen MR) is 78.5 cm³/mol.